The van der Waals surface area contributed by atoms with Crippen molar-refractivity contribution in [3.05, 3.63) is 123 Å². The van der Waals surface area contributed by atoms with Crippen molar-refractivity contribution in [3.8, 4) is 0 Å². The number of fused-ring (bicyclic) bond motifs is 1. The first kappa shape index (κ1) is 30.4. The lowest BCUT2D eigenvalue weighted by molar-refractivity contribution is -0.0562. The number of ether oxygens (including phenoxy) is 3. The van der Waals surface area contributed by atoms with Gasteiger partial charge in [0, 0.05) is 12.0 Å². The standard InChI is InChI=1S/C34H31N5O7/c1-19-4-10-22(11-5-19)30(40)37-34-36-29-28(31(41)38-34)39(18-35-29)27-16-25(46-33(43)24-14-8-21(3)9-15-24)26(45-27)17-44-32(42)23-12-6-20(2)7-13-23/h4-15,18,25-27H,16-17H2,1-3H3,(H2,36,37,38,40,41)/t25-,26+,27+/m0/s1. The number of esters is 2. The molecule has 1 aliphatic rings. The highest BCUT2D eigenvalue weighted by Gasteiger charge is 2.41. The van der Waals surface area contributed by atoms with Crippen molar-refractivity contribution in [1.82, 2.24) is 19.5 Å². The molecule has 46 heavy (non-hydrogen) atoms. The highest BCUT2D eigenvalue weighted by Crippen LogP contribution is 2.33. The van der Waals surface area contributed by atoms with E-state index in [1.54, 1.807) is 72.8 Å². The van der Waals surface area contributed by atoms with Gasteiger partial charge in [0.25, 0.3) is 11.5 Å². The third-order valence-corrected chi connectivity index (χ3v) is 7.69. The highest BCUT2D eigenvalue weighted by molar-refractivity contribution is 6.03. The van der Waals surface area contributed by atoms with Gasteiger partial charge in [0.05, 0.1) is 17.5 Å². The SMILES string of the molecule is Cc1ccc(C(=O)Nc2nc3ncn([C@H]4C[C@H](OC(=O)c5ccc(C)cc5)[C@@H](COC(=O)c5ccc(C)cc5)O4)c3c(=O)[nH]2)cc1. The molecule has 0 aliphatic carbocycles. The van der Waals surface area contributed by atoms with Gasteiger partial charge >= 0.3 is 11.9 Å². The molecule has 1 fully saturated rings. The molecule has 1 saturated heterocycles. The van der Waals surface area contributed by atoms with Crippen LogP contribution in [0.2, 0.25) is 0 Å². The lowest BCUT2D eigenvalue weighted by atomic mass is 10.1. The number of aryl methyl sites for hydroxylation is 3. The van der Waals surface area contributed by atoms with Crippen LogP contribution in [0.5, 0.6) is 0 Å². The molecule has 2 N–H and O–H groups in total. The lowest BCUT2D eigenvalue weighted by Crippen LogP contribution is -2.32. The first-order valence-corrected chi connectivity index (χ1v) is 14.7. The van der Waals surface area contributed by atoms with E-state index in [1.807, 2.05) is 20.8 Å². The Morgan fingerprint density at radius 1 is 0.870 bits per heavy atom. The number of benzene rings is 3. The molecule has 12 nitrogen and oxygen atoms in total. The van der Waals surface area contributed by atoms with E-state index in [4.69, 9.17) is 14.2 Å². The maximum absolute atomic E-state index is 13.2. The Bertz CT molecular complexity index is 1970. The van der Waals surface area contributed by atoms with Crippen LogP contribution in [0.3, 0.4) is 0 Å². The second kappa shape index (κ2) is 12.8. The monoisotopic (exact) mass is 621 g/mol. The summed E-state index contributed by atoms with van der Waals surface area (Å²) in [5.41, 5.74) is 3.74. The van der Waals surface area contributed by atoms with E-state index in [0.717, 1.165) is 16.7 Å². The zero-order valence-electron chi connectivity index (χ0n) is 25.4. The minimum atomic E-state index is -0.841. The van der Waals surface area contributed by atoms with Crippen molar-refractivity contribution >= 4 is 35.0 Å². The number of hydrogen-bond donors (Lipinski definition) is 2. The summed E-state index contributed by atoms with van der Waals surface area (Å²) >= 11 is 0. The number of anilines is 1. The van der Waals surface area contributed by atoms with Gasteiger partial charge in [0.2, 0.25) is 5.95 Å². The Morgan fingerprint density at radius 3 is 2.04 bits per heavy atom. The minimum absolute atomic E-state index is 0.0635. The summed E-state index contributed by atoms with van der Waals surface area (Å²) in [6.45, 7) is 5.54. The smallest absolute Gasteiger partial charge is 0.338 e. The average molecular weight is 622 g/mol. The molecule has 5 aromatic rings. The number of carbonyl (C=O) groups is 3. The fourth-order valence-electron chi connectivity index (χ4n) is 5.09. The van der Waals surface area contributed by atoms with E-state index in [0.29, 0.717) is 16.7 Å². The number of aromatic amines is 1. The van der Waals surface area contributed by atoms with Gasteiger partial charge in [-0.15, -0.1) is 0 Å². The zero-order chi connectivity index (χ0) is 32.4. The summed E-state index contributed by atoms with van der Waals surface area (Å²) < 4.78 is 19.1. The normalized spacial score (nSPS) is 17.5. The van der Waals surface area contributed by atoms with E-state index < -0.39 is 41.8 Å². The summed E-state index contributed by atoms with van der Waals surface area (Å²) in [6, 6.07) is 20.8. The molecule has 0 saturated carbocycles. The summed E-state index contributed by atoms with van der Waals surface area (Å²) in [7, 11) is 0. The van der Waals surface area contributed by atoms with Crippen molar-refractivity contribution in [3.63, 3.8) is 0 Å². The van der Waals surface area contributed by atoms with Crippen LogP contribution in [0, 0.1) is 20.8 Å². The Morgan fingerprint density at radius 2 is 1.43 bits per heavy atom. The van der Waals surface area contributed by atoms with Gasteiger partial charge in [-0.05, 0) is 57.2 Å². The van der Waals surface area contributed by atoms with Gasteiger partial charge in [0.15, 0.2) is 11.2 Å². The highest BCUT2D eigenvalue weighted by atomic mass is 16.6. The molecule has 0 unspecified atom stereocenters. The number of aromatic nitrogens is 4. The summed E-state index contributed by atoms with van der Waals surface area (Å²) in [5, 5.41) is 2.60. The Hall–Kier alpha value is -5.62. The van der Waals surface area contributed by atoms with E-state index in [1.165, 1.54) is 10.9 Å². The Labute approximate surface area is 263 Å². The molecule has 0 bridgehead atoms. The second-order valence-electron chi connectivity index (χ2n) is 11.2. The quantitative estimate of drug-likeness (QED) is 0.235. The van der Waals surface area contributed by atoms with Crippen LogP contribution in [-0.4, -0.2) is 56.2 Å². The van der Waals surface area contributed by atoms with Crippen molar-refractivity contribution in [2.75, 3.05) is 11.9 Å². The molecule has 0 radical (unpaired) electrons. The van der Waals surface area contributed by atoms with Crippen LogP contribution < -0.4 is 10.9 Å². The molecule has 1 aliphatic heterocycles. The molecule has 0 spiro atoms. The third kappa shape index (κ3) is 6.57. The van der Waals surface area contributed by atoms with Crippen molar-refractivity contribution in [2.24, 2.45) is 0 Å². The van der Waals surface area contributed by atoms with Crippen LogP contribution >= 0.6 is 0 Å². The number of H-pyrrole nitrogens is 1. The molecule has 3 atom stereocenters. The van der Waals surface area contributed by atoms with E-state index in [9.17, 15) is 19.2 Å². The first-order valence-electron chi connectivity index (χ1n) is 14.7. The van der Waals surface area contributed by atoms with Gasteiger partial charge in [-0.3, -0.25) is 24.5 Å². The second-order valence-corrected chi connectivity index (χ2v) is 11.2. The summed E-state index contributed by atoms with van der Waals surface area (Å²) in [4.78, 5) is 62.9. The van der Waals surface area contributed by atoms with Crippen molar-refractivity contribution in [1.29, 1.82) is 0 Å². The fraction of sp³-hybridized carbons (Fsp3) is 0.235. The Balaban J connectivity index is 1.22. The number of rotatable bonds is 8. The van der Waals surface area contributed by atoms with Crippen LogP contribution in [-0.2, 0) is 14.2 Å². The first-order chi connectivity index (χ1) is 22.1. The molecule has 234 valence electrons. The van der Waals surface area contributed by atoms with Crippen LogP contribution in [0.25, 0.3) is 11.2 Å². The Kier molecular flexibility index (Phi) is 8.45. The third-order valence-electron chi connectivity index (χ3n) is 7.69. The number of nitrogens with zero attached hydrogens (tertiary/aromatic N) is 3. The molecule has 1 amide bonds. The molecular formula is C34H31N5O7. The van der Waals surface area contributed by atoms with Gasteiger partial charge in [-0.1, -0.05) is 53.1 Å². The maximum atomic E-state index is 13.2. The summed E-state index contributed by atoms with van der Waals surface area (Å²) in [5.74, 6) is -1.62. The molecule has 12 heteroatoms. The maximum Gasteiger partial charge on any atom is 0.338 e. The van der Waals surface area contributed by atoms with E-state index in [2.05, 4.69) is 20.3 Å². The van der Waals surface area contributed by atoms with Gasteiger partial charge < -0.3 is 14.2 Å². The van der Waals surface area contributed by atoms with Gasteiger partial charge in [0.1, 0.15) is 25.0 Å². The van der Waals surface area contributed by atoms with Gasteiger partial charge in [-0.25, -0.2) is 14.6 Å². The average Bonchev–Trinajstić information content (AvgIpc) is 3.65. The predicted molar refractivity (Wildman–Crippen MR) is 168 cm³/mol. The van der Waals surface area contributed by atoms with Crippen molar-refractivity contribution in [2.45, 2.75) is 45.6 Å². The van der Waals surface area contributed by atoms with Crippen LogP contribution in [0.4, 0.5) is 5.95 Å². The largest absolute Gasteiger partial charge is 0.459 e. The van der Waals surface area contributed by atoms with Gasteiger partial charge in [-0.2, -0.15) is 4.98 Å². The molecule has 3 heterocycles. The molecule has 2 aromatic heterocycles. The van der Waals surface area contributed by atoms with Crippen LogP contribution in [0.15, 0.2) is 83.9 Å². The predicted octanol–water partition coefficient (Wildman–Crippen LogP) is 4.67. The zero-order valence-corrected chi connectivity index (χ0v) is 25.4. The van der Waals surface area contributed by atoms with E-state index >= 15 is 0 Å². The number of carbonyl (C=O) groups excluding carboxylic acids is 3. The molecule has 6 rings (SSSR count). The lowest BCUT2D eigenvalue weighted by Gasteiger charge is -2.19. The topological polar surface area (TPSA) is 155 Å². The van der Waals surface area contributed by atoms with Crippen LogP contribution in [0.1, 0.15) is 60.4 Å². The fourth-order valence-corrected chi connectivity index (χ4v) is 5.09. The number of nitrogens with one attached hydrogen (secondary N) is 2. The van der Waals surface area contributed by atoms with E-state index in [-0.39, 0.29) is 30.1 Å². The van der Waals surface area contributed by atoms with Crippen molar-refractivity contribution < 1.29 is 28.6 Å². The molecule has 3 aromatic carbocycles. The number of amides is 1. The number of imidazole rings is 1. The summed E-state index contributed by atoms with van der Waals surface area (Å²) in [6.07, 6.45) is -0.933. The minimum Gasteiger partial charge on any atom is -0.459 e. The molecular weight excluding hydrogens is 590 g/mol. The number of hydrogen-bond acceptors (Lipinski definition) is 9.